The number of aromatic hydroxyl groups is 1. The van der Waals surface area contributed by atoms with E-state index in [1.54, 1.807) is 6.07 Å². The molecule has 0 aliphatic heterocycles. The summed E-state index contributed by atoms with van der Waals surface area (Å²) in [6.45, 7) is 0. The third-order valence-corrected chi connectivity index (χ3v) is 2.81. The second-order valence-corrected chi connectivity index (χ2v) is 3.58. The SMILES string of the molecule is CNC1CCCc2cccc(O)c21. The number of hydrogen-bond donors (Lipinski definition) is 2. The van der Waals surface area contributed by atoms with Gasteiger partial charge >= 0.3 is 0 Å². The number of phenolic OH excluding ortho intramolecular Hbond substituents is 1. The van der Waals surface area contributed by atoms with Crippen LogP contribution in [0.5, 0.6) is 5.75 Å². The molecule has 2 N–H and O–H groups in total. The van der Waals surface area contributed by atoms with Gasteiger partial charge in [-0.2, -0.15) is 0 Å². The largest absolute Gasteiger partial charge is 0.508 e. The lowest BCUT2D eigenvalue weighted by Gasteiger charge is -2.25. The summed E-state index contributed by atoms with van der Waals surface area (Å²) in [6.07, 6.45) is 3.44. The van der Waals surface area contributed by atoms with Crippen molar-refractivity contribution in [3.8, 4) is 5.75 Å². The van der Waals surface area contributed by atoms with Gasteiger partial charge in [0.1, 0.15) is 5.75 Å². The highest BCUT2D eigenvalue weighted by atomic mass is 16.3. The van der Waals surface area contributed by atoms with Gasteiger partial charge in [-0.15, -0.1) is 0 Å². The standard InChI is InChI=1S/C11H15NO/c1-12-9-6-2-4-8-5-3-7-10(13)11(8)9/h3,5,7,9,12-13H,2,4,6H2,1H3. The molecule has 0 aromatic heterocycles. The van der Waals surface area contributed by atoms with Crippen LogP contribution in [0.4, 0.5) is 0 Å². The minimum atomic E-state index is 0.338. The fraction of sp³-hybridized carbons (Fsp3) is 0.455. The van der Waals surface area contributed by atoms with E-state index < -0.39 is 0 Å². The predicted octanol–water partition coefficient (Wildman–Crippen LogP) is 1.99. The van der Waals surface area contributed by atoms with Gasteiger partial charge in [0.05, 0.1) is 0 Å². The lowest BCUT2D eigenvalue weighted by atomic mass is 9.87. The number of aryl methyl sites for hydroxylation is 1. The van der Waals surface area contributed by atoms with Crippen molar-refractivity contribution in [1.29, 1.82) is 0 Å². The van der Waals surface area contributed by atoms with E-state index in [2.05, 4.69) is 11.4 Å². The van der Waals surface area contributed by atoms with E-state index in [4.69, 9.17) is 0 Å². The Morgan fingerprint density at radius 1 is 1.46 bits per heavy atom. The van der Waals surface area contributed by atoms with Gasteiger partial charge < -0.3 is 10.4 Å². The minimum Gasteiger partial charge on any atom is -0.508 e. The van der Waals surface area contributed by atoms with Gasteiger partial charge in [-0.1, -0.05) is 12.1 Å². The van der Waals surface area contributed by atoms with Crippen LogP contribution >= 0.6 is 0 Å². The fourth-order valence-corrected chi connectivity index (χ4v) is 2.15. The van der Waals surface area contributed by atoms with Gasteiger partial charge in [-0.05, 0) is 37.9 Å². The lowest BCUT2D eigenvalue weighted by molar-refractivity contribution is 0.429. The number of rotatable bonds is 1. The molecule has 0 saturated carbocycles. The average Bonchev–Trinajstić information content (AvgIpc) is 2.17. The Labute approximate surface area is 78.6 Å². The molecule has 1 unspecified atom stereocenters. The van der Waals surface area contributed by atoms with Crippen LogP contribution in [-0.4, -0.2) is 12.2 Å². The molecule has 70 valence electrons. The first-order valence-electron chi connectivity index (χ1n) is 4.81. The Hall–Kier alpha value is -1.02. The topological polar surface area (TPSA) is 32.3 Å². The first kappa shape index (κ1) is 8.57. The van der Waals surface area contributed by atoms with Crippen molar-refractivity contribution in [2.75, 3.05) is 7.05 Å². The summed E-state index contributed by atoms with van der Waals surface area (Å²) >= 11 is 0. The number of benzene rings is 1. The van der Waals surface area contributed by atoms with Crippen molar-refractivity contribution >= 4 is 0 Å². The summed E-state index contributed by atoms with van der Waals surface area (Å²) in [5, 5.41) is 13.0. The highest BCUT2D eigenvalue weighted by Gasteiger charge is 2.21. The molecule has 1 aliphatic carbocycles. The van der Waals surface area contributed by atoms with Crippen LogP contribution < -0.4 is 5.32 Å². The van der Waals surface area contributed by atoms with Gasteiger partial charge in [0.25, 0.3) is 0 Å². The fourth-order valence-electron chi connectivity index (χ4n) is 2.15. The number of fused-ring (bicyclic) bond motifs is 1. The Morgan fingerprint density at radius 2 is 2.31 bits per heavy atom. The molecule has 0 heterocycles. The van der Waals surface area contributed by atoms with Crippen molar-refractivity contribution < 1.29 is 5.11 Å². The summed E-state index contributed by atoms with van der Waals surface area (Å²) in [4.78, 5) is 0. The molecular weight excluding hydrogens is 162 g/mol. The summed E-state index contributed by atoms with van der Waals surface area (Å²) in [5.74, 6) is 0.441. The van der Waals surface area contributed by atoms with E-state index in [1.165, 1.54) is 12.0 Å². The Morgan fingerprint density at radius 3 is 3.08 bits per heavy atom. The third kappa shape index (κ3) is 1.42. The maximum absolute atomic E-state index is 9.72. The second-order valence-electron chi connectivity index (χ2n) is 3.58. The molecule has 1 aliphatic rings. The maximum atomic E-state index is 9.72. The van der Waals surface area contributed by atoms with E-state index in [-0.39, 0.29) is 0 Å². The molecule has 0 spiro atoms. The van der Waals surface area contributed by atoms with E-state index in [9.17, 15) is 5.11 Å². The smallest absolute Gasteiger partial charge is 0.120 e. The predicted molar refractivity (Wildman–Crippen MR) is 52.8 cm³/mol. The van der Waals surface area contributed by atoms with Crippen LogP contribution in [-0.2, 0) is 6.42 Å². The summed E-state index contributed by atoms with van der Waals surface area (Å²) in [6, 6.07) is 6.14. The van der Waals surface area contributed by atoms with Gasteiger partial charge in [0.2, 0.25) is 0 Å². The zero-order valence-electron chi connectivity index (χ0n) is 7.88. The van der Waals surface area contributed by atoms with Crippen LogP contribution in [0.1, 0.15) is 30.0 Å². The van der Waals surface area contributed by atoms with Gasteiger partial charge in [-0.3, -0.25) is 0 Å². The molecule has 1 atom stereocenters. The third-order valence-electron chi connectivity index (χ3n) is 2.81. The molecule has 0 bridgehead atoms. The molecule has 2 nitrogen and oxygen atoms in total. The first-order chi connectivity index (χ1) is 6.33. The molecule has 0 fully saturated rings. The van der Waals surface area contributed by atoms with Crippen LogP contribution in [0, 0.1) is 0 Å². The number of nitrogens with one attached hydrogen (secondary N) is 1. The van der Waals surface area contributed by atoms with E-state index in [0.29, 0.717) is 11.8 Å². The van der Waals surface area contributed by atoms with E-state index in [0.717, 1.165) is 18.4 Å². The van der Waals surface area contributed by atoms with Crippen LogP contribution in [0.25, 0.3) is 0 Å². The highest BCUT2D eigenvalue weighted by Crippen LogP contribution is 2.35. The van der Waals surface area contributed by atoms with Gasteiger partial charge in [-0.25, -0.2) is 0 Å². The van der Waals surface area contributed by atoms with Crippen molar-refractivity contribution in [3.05, 3.63) is 29.3 Å². The molecule has 13 heavy (non-hydrogen) atoms. The number of phenols is 1. The summed E-state index contributed by atoms with van der Waals surface area (Å²) in [7, 11) is 1.95. The molecule has 0 amide bonds. The molecule has 1 aromatic carbocycles. The molecular formula is C11H15NO. The maximum Gasteiger partial charge on any atom is 0.120 e. The lowest BCUT2D eigenvalue weighted by Crippen LogP contribution is -2.21. The van der Waals surface area contributed by atoms with Crippen LogP contribution in [0.2, 0.25) is 0 Å². The van der Waals surface area contributed by atoms with Crippen molar-refractivity contribution in [3.63, 3.8) is 0 Å². The van der Waals surface area contributed by atoms with E-state index in [1.807, 2.05) is 13.1 Å². The van der Waals surface area contributed by atoms with Crippen molar-refractivity contribution in [1.82, 2.24) is 5.32 Å². The molecule has 2 heteroatoms. The second kappa shape index (κ2) is 3.38. The molecule has 2 rings (SSSR count). The quantitative estimate of drug-likeness (QED) is 0.687. The normalized spacial score (nSPS) is 21.2. The van der Waals surface area contributed by atoms with Gasteiger partial charge in [0, 0.05) is 11.6 Å². The van der Waals surface area contributed by atoms with E-state index >= 15 is 0 Å². The average molecular weight is 177 g/mol. The Balaban J connectivity index is 2.47. The monoisotopic (exact) mass is 177 g/mol. The zero-order valence-corrected chi connectivity index (χ0v) is 7.88. The summed E-state index contributed by atoms with van der Waals surface area (Å²) in [5.41, 5.74) is 2.40. The molecule has 0 saturated heterocycles. The molecule has 1 aromatic rings. The highest BCUT2D eigenvalue weighted by molar-refractivity contribution is 5.42. The Bertz CT molecular complexity index is 309. The van der Waals surface area contributed by atoms with Crippen LogP contribution in [0.3, 0.4) is 0 Å². The van der Waals surface area contributed by atoms with Crippen LogP contribution in [0.15, 0.2) is 18.2 Å². The van der Waals surface area contributed by atoms with Crippen molar-refractivity contribution in [2.45, 2.75) is 25.3 Å². The van der Waals surface area contributed by atoms with Gasteiger partial charge in [0.15, 0.2) is 0 Å². The number of hydrogen-bond acceptors (Lipinski definition) is 2. The minimum absolute atomic E-state index is 0.338. The van der Waals surface area contributed by atoms with Crippen molar-refractivity contribution in [2.24, 2.45) is 0 Å². The summed E-state index contributed by atoms with van der Waals surface area (Å²) < 4.78 is 0. The zero-order chi connectivity index (χ0) is 9.26. The molecule has 0 radical (unpaired) electrons. The first-order valence-corrected chi connectivity index (χ1v) is 4.81. The Kier molecular flexibility index (Phi) is 2.23.